The van der Waals surface area contributed by atoms with Gasteiger partial charge in [0.05, 0.1) is 17.4 Å². The molecule has 0 aromatic heterocycles. The third kappa shape index (κ3) is 10.3. The SMILES string of the molecule is CC(C)(C)OC(=O)N1CCC[C@@H]1CNC(=O)Cc1ccccc1.NS(=O)(=O)c1cc(Br)ccc1Br. The van der Waals surface area contributed by atoms with Crippen LogP contribution in [0.4, 0.5) is 4.79 Å². The smallest absolute Gasteiger partial charge is 0.410 e. The number of hydrogen-bond acceptors (Lipinski definition) is 5. The summed E-state index contributed by atoms with van der Waals surface area (Å²) in [6.07, 6.45) is 1.90. The van der Waals surface area contributed by atoms with E-state index in [1.165, 1.54) is 6.07 Å². The molecule has 1 atom stereocenters. The summed E-state index contributed by atoms with van der Waals surface area (Å²) >= 11 is 6.23. The summed E-state index contributed by atoms with van der Waals surface area (Å²) in [5.41, 5.74) is 0.487. The van der Waals surface area contributed by atoms with Crippen molar-refractivity contribution in [2.75, 3.05) is 13.1 Å². The van der Waals surface area contributed by atoms with Crippen LogP contribution in [-0.4, -0.2) is 50.1 Å². The Morgan fingerprint density at radius 2 is 1.80 bits per heavy atom. The van der Waals surface area contributed by atoms with Gasteiger partial charge in [-0.25, -0.2) is 18.4 Å². The molecule has 0 spiro atoms. The number of halogens is 2. The van der Waals surface area contributed by atoms with E-state index in [0.29, 0.717) is 28.5 Å². The maximum Gasteiger partial charge on any atom is 0.410 e. The predicted octanol–water partition coefficient (Wildman–Crippen LogP) is 4.60. The summed E-state index contributed by atoms with van der Waals surface area (Å²) in [5, 5.41) is 7.88. The predicted molar refractivity (Wildman–Crippen MR) is 142 cm³/mol. The molecule has 1 heterocycles. The number of ether oxygens (including phenoxy) is 1. The Balaban J connectivity index is 0.000000303. The lowest BCUT2D eigenvalue weighted by Crippen LogP contribution is -2.45. The molecule has 0 aliphatic carbocycles. The van der Waals surface area contributed by atoms with Crippen molar-refractivity contribution in [1.82, 2.24) is 10.2 Å². The summed E-state index contributed by atoms with van der Waals surface area (Å²) in [6.45, 7) is 6.74. The number of carbonyl (C=O) groups is 2. The first-order valence-electron chi connectivity index (χ1n) is 11.0. The molecule has 8 nitrogen and oxygen atoms in total. The summed E-state index contributed by atoms with van der Waals surface area (Å²) in [6, 6.07) is 14.4. The second kappa shape index (κ2) is 12.8. The van der Waals surface area contributed by atoms with Crippen molar-refractivity contribution >= 4 is 53.9 Å². The van der Waals surface area contributed by atoms with Crippen molar-refractivity contribution < 1.29 is 22.7 Å². The van der Waals surface area contributed by atoms with Gasteiger partial charge in [0.25, 0.3) is 0 Å². The molecule has 2 amide bonds. The number of benzene rings is 2. The van der Waals surface area contributed by atoms with E-state index in [2.05, 4.69) is 37.2 Å². The molecule has 1 aliphatic heterocycles. The number of primary sulfonamides is 1. The van der Waals surface area contributed by atoms with Crippen LogP contribution >= 0.6 is 31.9 Å². The average molecular weight is 633 g/mol. The number of rotatable bonds is 5. The molecule has 11 heteroatoms. The van der Waals surface area contributed by atoms with Gasteiger partial charge in [-0.15, -0.1) is 0 Å². The van der Waals surface area contributed by atoms with Gasteiger partial charge >= 0.3 is 6.09 Å². The molecule has 0 radical (unpaired) electrons. The number of carbonyl (C=O) groups excluding carboxylic acids is 2. The highest BCUT2D eigenvalue weighted by molar-refractivity contribution is 9.11. The minimum Gasteiger partial charge on any atom is -0.444 e. The summed E-state index contributed by atoms with van der Waals surface area (Å²) in [7, 11) is -3.63. The molecule has 0 unspecified atom stereocenters. The Hall–Kier alpha value is -1.95. The Labute approximate surface area is 223 Å². The van der Waals surface area contributed by atoms with E-state index >= 15 is 0 Å². The van der Waals surface area contributed by atoms with E-state index in [4.69, 9.17) is 9.88 Å². The van der Waals surface area contributed by atoms with E-state index < -0.39 is 15.6 Å². The van der Waals surface area contributed by atoms with Crippen molar-refractivity contribution in [2.45, 2.75) is 56.6 Å². The maximum absolute atomic E-state index is 12.2. The van der Waals surface area contributed by atoms with Crippen molar-refractivity contribution in [3.8, 4) is 0 Å². The largest absolute Gasteiger partial charge is 0.444 e. The summed E-state index contributed by atoms with van der Waals surface area (Å²) in [4.78, 5) is 26.0. The molecule has 0 saturated carbocycles. The van der Waals surface area contributed by atoms with Gasteiger partial charge in [0.2, 0.25) is 15.9 Å². The fourth-order valence-corrected chi connectivity index (χ4v) is 5.45. The highest BCUT2D eigenvalue weighted by Crippen LogP contribution is 2.24. The van der Waals surface area contributed by atoms with Gasteiger partial charge in [-0.05, 0) is 73.3 Å². The zero-order valence-corrected chi connectivity index (χ0v) is 24.0. The van der Waals surface area contributed by atoms with Crippen LogP contribution in [-0.2, 0) is 26.0 Å². The standard InChI is InChI=1S/C18H26N2O3.C6H5Br2NO2S/c1-18(2,3)23-17(22)20-11-7-10-15(20)13-19-16(21)12-14-8-5-4-6-9-14;7-4-1-2-5(8)6(3-4)12(9,10)11/h4-6,8-9,15H,7,10-13H2,1-3H3,(H,19,21);1-3H,(H2,9,10,11)/t15-;/m1./s1. The number of hydrogen-bond donors (Lipinski definition) is 2. The number of nitrogens with one attached hydrogen (secondary N) is 1. The molecule has 3 N–H and O–H groups in total. The van der Waals surface area contributed by atoms with Gasteiger partial charge in [-0.3, -0.25) is 4.79 Å². The van der Waals surface area contributed by atoms with Crippen molar-refractivity contribution in [1.29, 1.82) is 0 Å². The Kier molecular flexibility index (Phi) is 10.7. The van der Waals surface area contributed by atoms with Crippen LogP contribution in [0.25, 0.3) is 0 Å². The third-order valence-corrected chi connectivity index (χ3v) is 7.35. The van der Waals surface area contributed by atoms with Crippen LogP contribution in [0.2, 0.25) is 0 Å². The Bertz CT molecular complexity index is 1120. The molecule has 0 bridgehead atoms. The number of nitrogens with two attached hydrogens (primary N) is 1. The van der Waals surface area contributed by atoms with E-state index in [9.17, 15) is 18.0 Å². The molecule has 192 valence electrons. The van der Waals surface area contributed by atoms with E-state index in [0.717, 1.165) is 18.4 Å². The molecule has 2 aromatic carbocycles. The molecular formula is C24H31Br2N3O5S. The van der Waals surface area contributed by atoms with Crippen LogP contribution in [0, 0.1) is 0 Å². The Morgan fingerprint density at radius 3 is 2.37 bits per heavy atom. The van der Waals surface area contributed by atoms with Gasteiger partial charge < -0.3 is 15.0 Å². The maximum atomic E-state index is 12.2. The first-order valence-corrected chi connectivity index (χ1v) is 14.2. The lowest BCUT2D eigenvalue weighted by molar-refractivity contribution is -0.120. The van der Waals surface area contributed by atoms with Gasteiger partial charge in [0.15, 0.2) is 0 Å². The van der Waals surface area contributed by atoms with Crippen molar-refractivity contribution in [2.24, 2.45) is 5.14 Å². The number of amides is 2. The van der Waals surface area contributed by atoms with Crippen LogP contribution in [0.5, 0.6) is 0 Å². The monoisotopic (exact) mass is 631 g/mol. The topological polar surface area (TPSA) is 119 Å². The van der Waals surface area contributed by atoms with Gasteiger partial charge in [0, 0.05) is 22.0 Å². The van der Waals surface area contributed by atoms with Crippen LogP contribution in [0.3, 0.4) is 0 Å². The van der Waals surface area contributed by atoms with Crippen LogP contribution in [0.1, 0.15) is 39.2 Å². The second-order valence-corrected chi connectivity index (χ2v) is 12.4. The number of likely N-dealkylation sites (tertiary alicyclic amines) is 1. The quantitative estimate of drug-likeness (QED) is 0.499. The first-order chi connectivity index (χ1) is 16.3. The van der Waals surface area contributed by atoms with Gasteiger partial charge in [-0.1, -0.05) is 46.3 Å². The van der Waals surface area contributed by atoms with Crippen LogP contribution in [0.15, 0.2) is 62.4 Å². The lowest BCUT2D eigenvalue weighted by Gasteiger charge is -2.28. The number of sulfonamides is 1. The molecule has 35 heavy (non-hydrogen) atoms. The minimum atomic E-state index is -3.63. The van der Waals surface area contributed by atoms with Crippen molar-refractivity contribution in [3.05, 3.63) is 63.0 Å². The lowest BCUT2D eigenvalue weighted by atomic mass is 10.1. The van der Waals surface area contributed by atoms with Crippen LogP contribution < -0.4 is 10.5 Å². The molecule has 1 aliphatic rings. The molecule has 1 saturated heterocycles. The minimum absolute atomic E-state index is 0.0181. The normalized spacial score (nSPS) is 15.7. The summed E-state index contributed by atoms with van der Waals surface area (Å²) < 4.78 is 28.4. The van der Waals surface area contributed by atoms with Gasteiger partial charge in [0.1, 0.15) is 5.60 Å². The molecule has 1 fully saturated rings. The van der Waals surface area contributed by atoms with E-state index in [-0.39, 0.29) is 22.9 Å². The zero-order valence-electron chi connectivity index (χ0n) is 20.0. The molecular weight excluding hydrogens is 602 g/mol. The second-order valence-electron chi connectivity index (χ2n) is 9.06. The highest BCUT2D eigenvalue weighted by Gasteiger charge is 2.32. The molecule has 3 rings (SSSR count). The summed E-state index contributed by atoms with van der Waals surface area (Å²) in [5.74, 6) is -0.0211. The van der Waals surface area contributed by atoms with E-state index in [1.807, 2.05) is 51.1 Å². The number of nitrogens with zero attached hydrogens (tertiary/aromatic N) is 1. The first kappa shape index (κ1) is 29.3. The fraction of sp³-hybridized carbons (Fsp3) is 0.417. The third-order valence-electron chi connectivity index (χ3n) is 4.95. The fourth-order valence-electron chi connectivity index (χ4n) is 3.38. The highest BCUT2D eigenvalue weighted by atomic mass is 79.9. The van der Waals surface area contributed by atoms with Gasteiger partial charge in [-0.2, -0.15) is 0 Å². The van der Waals surface area contributed by atoms with Crippen molar-refractivity contribution in [3.63, 3.8) is 0 Å². The van der Waals surface area contributed by atoms with E-state index in [1.54, 1.807) is 17.0 Å². The Morgan fingerprint density at radius 1 is 1.14 bits per heavy atom. The average Bonchev–Trinajstić information content (AvgIpc) is 3.22. The zero-order chi connectivity index (χ0) is 26.2. The molecule has 2 aromatic rings.